The first-order valence-corrected chi connectivity index (χ1v) is 9.47. The van der Waals surface area contributed by atoms with Crippen molar-refractivity contribution in [2.24, 2.45) is 0 Å². The van der Waals surface area contributed by atoms with Gasteiger partial charge in [0.25, 0.3) is 0 Å². The van der Waals surface area contributed by atoms with E-state index in [1.165, 1.54) is 19.1 Å². The van der Waals surface area contributed by atoms with E-state index >= 15 is 0 Å². The normalized spacial score (nSPS) is 22.2. The number of aliphatic hydroxyl groups excluding tert-OH is 1. The van der Waals surface area contributed by atoms with Gasteiger partial charge in [0, 0.05) is 48.4 Å². The zero-order chi connectivity index (χ0) is 21.8. The quantitative estimate of drug-likeness (QED) is 0.375. The van der Waals surface area contributed by atoms with E-state index in [9.17, 15) is 34.8 Å². The number of phenolic OH excluding ortho intramolecular Hbond substituents is 2. The largest absolute Gasteiger partial charge is 0.507 e. The Morgan fingerprint density at radius 2 is 1.67 bits per heavy atom. The van der Waals surface area contributed by atoms with Crippen LogP contribution in [0.5, 0.6) is 11.5 Å². The molecule has 0 unspecified atom stereocenters. The van der Waals surface area contributed by atoms with Crippen molar-refractivity contribution in [2.75, 3.05) is 6.61 Å². The minimum atomic E-state index is -1.54. The average molecular weight is 412 g/mol. The Kier molecular flexibility index (Phi) is 4.63. The van der Waals surface area contributed by atoms with Crippen LogP contribution in [0.25, 0.3) is 0 Å². The van der Waals surface area contributed by atoms with Gasteiger partial charge in [0.15, 0.2) is 11.6 Å². The summed E-state index contributed by atoms with van der Waals surface area (Å²) in [6, 6.07) is 6.08. The molecule has 0 bridgehead atoms. The summed E-state index contributed by atoms with van der Waals surface area (Å²) in [7, 11) is 0. The lowest BCUT2D eigenvalue weighted by molar-refractivity contribution is -0.143. The Bertz CT molecular complexity index is 1100. The Morgan fingerprint density at radius 3 is 2.23 bits per heavy atom. The van der Waals surface area contributed by atoms with Crippen LogP contribution in [0.2, 0.25) is 0 Å². The summed E-state index contributed by atoms with van der Waals surface area (Å²) in [4.78, 5) is 36.9. The molecule has 0 spiro atoms. The fourth-order valence-corrected chi connectivity index (χ4v) is 4.36. The van der Waals surface area contributed by atoms with Gasteiger partial charge in [-0.1, -0.05) is 24.3 Å². The number of ketones is 2. The van der Waals surface area contributed by atoms with E-state index < -0.39 is 40.7 Å². The summed E-state index contributed by atoms with van der Waals surface area (Å²) in [6.45, 7) is 1.13. The molecule has 4 N–H and O–H groups in total. The summed E-state index contributed by atoms with van der Waals surface area (Å²) in [5.74, 6) is -2.89. The predicted octanol–water partition coefficient (Wildman–Crippen LogP) is 1.54. The number of ether oxygens (including phenoxy) is 1. The first kappa shape index (κ1) is 20.1. The van der Waals surface area contributed by atoms with E-state index in [2.05, 4.69) is 0 Å². The Morgan fingerprint density at radius 1 is 1.10 bits per heavy atom. The third-order valence-corrected chi connectivity index (χ3v) is 5.75. The van der Waals surface area contributed by atoms with Gasteiger partial charge in [-0.15, -0.1) is 0 Å². The molecule has 0 saturated carbocycles. The summed E-state index contributed by atoms with van der Waals surface area (Å²) >= 11 is 0. The second kappa shape index (κ2) is 6.93. The van der Waals surface area contributed by atoms with Crippen molar-refractivity contribution in [3.8, 4) is 11.5 Å². The number of hydrogen-bond donors (Lipinski definition) is 4. The molecule has 0 fully saturated rings. The molecule has 4 rings (SSSR count). The van der Waals surface area contributed by atoms with Crippen LogP contribution in [0.3, 0.4) is 0 Å². The number of esters is 1. The summed E-state index contributed by atoms with van der Waals surface area (Å²) in [6.07, 6.45) is -1.81. The van der Waals surface area contributed by atoms with Crippen LogP contribution in [0.4, 0.5) is 0 Å². The van der Waals surface area contributed by atoms with Gasteiger partial charge in [0.2, 0.25) is 0 Å². The third kappa shape index (κ3) is 2.96. The maximum atomic E-state index is 13.0. The lowest BCUT2D eigenvalue weighted by atomic mass is 9.72. The van der Waals surface area contributed by atoms with Gasteiger partial charge >= 0.3 is 5.97 Å². The number of rotatable bonds is 3. The molecule has 0 amide bonds. The van der Waals surface area contributed by atoms with E-state index in [1.807, 2.05) is 0 Å². The minimum Gasteiger partial charge on any atom is -0.507 e. The Hall–Kier alpha value is -3.23. The number of hydrogen-bond acceptors (Lipinski definition) is 8. The van der Waals surface area contributed by atoms with Crippen molar-refractivity contribution in [1.29, 1.82) is 0 Å². The lowest BCUT2D eigenvalue weighted by Crippen LogP contribution is -2.39. The number of carbonyl (C=O) groups excluding carboxylic acids is 3. The fourth-order valence-electron chi connectivity index (χ4n) is 4.36. The zero-order valence-corrected chi connectivity index (χ0v) is 16.1. The maximum absolute atomic E-state index is 13.0. The van der Waals surface area contributed by atoms with Crippen molar-refractivity contribution in [3.05, 3.63) is 57.6 Å². The molecule has 0 aliphatic heterocycles. The molecule has 8 heteroatoms. The number of phenols is 2. The fraction of sp³-hybridized carbons (Fsp3) is 0.318. The Balaban J connectivity index is 1.84. The first-order chi connectivity index (χ1) is 14.1. The van der Waals surface area contributed by atoms with Crippen LogP contribution in [0, 0.1) is 0 Å². The van der Waals surface area contributed by atoms with Gasteiger partial charge < -0.3 is 25.2 Å². The second-order valence-corrected chi connectivity index (χ2v) is 7.75. The van der Waals surface area contributed by atoms with E-state index in [4.69, 9.17) is 4.74 Å². The molecule has 2 aliphatic rings. The minimum absolute atomic E-state index is 0.00384. The number of benzene rings is 2. The highest BCUT2D eigenvalue weighted by atomic mass is 16.5. The number of fused-ring (bicyclic) bond motifs is 3. The van der Waals surface area contributed by atoms with Gasteiger partial charge in [-0.05, 0) is 0 Å². The van der Waals surface area contributed by atoms with Gasteiger partial charge in [-0.25, -0.2) is 0 Å². The molecule has 156 valence electrons. The SMILES string of the molecule is CC(=O)OCC[C@@]1(O)Cc2c(O)c3c(c(O)c2[C@@H](O)C1)C(=O)c1ccccc1C3=O. The van der Waals surface area contributed by atoms with Gasteiger partial charge in [-0.2, -0.15) is 0 Å². The van der Waals surface area contributed by atoms with Crippen molar-refractivity contribution in [2.45, 2.75) is 37.9 Å². The summed E-state index contributed by atoms with van der Waals surface area (Å²) < 4.78 is 4.86. The molecule has 2 atom stereocenters. The smallest absolute Gasteiger partial charge is 0.302 e. The van der Waals surface area contributed by atoms with Crippen LogP contribution < -0.4 is 0 Å². The standard InChI is InChI=1S/C22H20O8/c1-10(23)30-7-6-22(29)8-13-15(14(24)9-22)21(28)17-16(20(13)27)18(25)11-4-2-3-5-12(11)19(17)26/h2-5,14,24,27-29H,6-9H2,1H3/t14-,22+/m0/s1. The topological polar surface area (TPSA) is 141 Å². The van der Waals surface area contributed by atoms with E-state index in [1.54, 1.807) is 12.1 Å². The van der Waals surface area contributed by atoms with Crippen LogP contribution in [0.1, 0.15) is 68.8 Å². The third-order valence-electron chi connectivity index (χ3n) is 5.75. The Labute approximate surface area is 171 Å². The first-order valence-electron chi connectivity index (χ1n) is 9.47. The summed E-state index contributed by atoms with van der Waals surface area (Å²) in [5.41, 5.74) is -2.11. The van der Waals surface area contributed by atoms with Crippen LogP contribution in [-0.2, 0) is 16.0 Å². The molecular formula is C22H20O8. The van der Waals surface area contributed by atoms with E-state index in [0.717, 1.165) is 0 Å². The molecule has 0 aromatic heterocycles. The molecule has 0 heterocycles. The molecule has 0 radical (unpaired) electrons. The van der Waals surface area contributed by atoms with Gasteiger partial charge in [-0.3, -0.25) is 14.4 Å². The molecule has 2 aliphatic carbocycles. The van der Waals surface area contributed by atoms with E-state index in [0.29, 0.717) is 0 Å². The van der Waals surface area contributed by atoms with Gasteiger partial charge in [0.1, 0.15) is 11.5 Å². The molecule has 2 aromatic carbocycles. The monoisotopic (exact) mass is 412 g/mol. The maximum Gasteiger partial charge on any atom is 0.302 e. The highest BCUT2D eigenvalue weighted by Crippen LogP contribution is 2.50. The van der Waals surface area contributed by atoms with Crippen LogP contribution in [-0.4, -0.2) is 50.2 Å². The van der Waals surface area contributed by atoms with E-state index in [-0.39, 0.29) is 59.3 Å². The molecule has 30 heavy (non-hydrogen) atoms. The second-order valence-electron chi connectivity index (χ2n) is 7.75. The molecule has 8 nitrogen and oxygen atoms in total. The number of aliphatic hydroxyl groups is 2. The van der Waals surface area contributed by atoms with Crippen molar-refractivity contribution in [3.63, 3.8) is 0 Å². The highest BCUT2D eigenvalue weighted by Gasteiger charge is 2.44. The van der Waals surface area contributed by atoms with Crippen molar-refractivity contribution < 1.29 is 39.5 Å². The van der Waals surface area contributed by atoms with Crippen molar-refractivity contribution in [1.82, 2.24) is 0 Å². The molecule has 2 aromatic rings. The van der Waals surface area contributed by atoms with Crippen LogP contribution in [0.15, 0.2) is 24.3 Å². The number of aromatic hydroxyl groups is 2. The highest BCUT2D eigenvalue weighted by molar-refractivity contribution is 6.30. The average Bonchev–Trinajstić information content (AvgIpc) is 2.68. The summed E-state index contributed by atoms with van der Waals surface area (Å²) in [5, 5.41) is 43.2. The van der Waals surface area contributed by atoms with Crippen molar-refractivity contribution >= 4 is 17.5 Å². The van der Waals surface area contributed by atoms with Gasteiger partial charge in [0.05, 0.1) is 29.4 Å². The number of carbonyl (C=O) groups is 3. The van der Waals surface area contributed by atoms with Crippen LogP contribution >= 0.6 is 0 Å². The lowest BCUT2D eigenvalue weighted by Gasteiger charge is -2.38. The predicted molar refractivity (Wildman–Crippen MR) is 103 cm³/mol. The molecule has 0 saturated heterocycles. The molecular weight excluding hydrogens is 392 g/mol. The zero-order valence-electron chi connectivity index (χ0n) is 16.1.